The standard InChI is InChI=1S/C14H28N2O/c1-10(2)17-7-6-16(3)9-13-11-4-5-12(8-11)14(13)15/h10-14H,4-9,15H2,1-3H3. The summed E-state index contributed by atoms with van der Waals surface area (Å²) < 4.78 is 5.59. The van der Waals surface area contributed by atoms with Crippen molar-refractivity contribution in [2.45, 2.75) is 45.3 Å². The maximum absolute atomic E-state index is 6.33. The van der Waals surface area contributed by atoms with Gasteiger partial charge in [-0.1, -0.05) is 0 Å². The Morgan fingerprint density at radius 3 is 2.59 bits per heavy atom. The maximum atomic E-state index is 6.33. The van der Waals surface area contributed by atoms with E-state index in [1.165, 1.54) is 19.3 Å². The Kier molecular flexibility index (Phi) is 4.45. The van der Waals surface area contributed by atoms with E-state index >= 15 is 0 Å². The van der Waals surface area contributed by atoms with Gasteiger partial charge in [0.1, 0.15) is 0 Å². The molecular formula is C14H28N2O. The van der Waals surface area contributed by atoms with E-state index in [-0.39, 0.29) is 0 Å². The minimum atomic E-state index is 0.341. The molecule has 0 spiro atoms. The fourth-order valence-corrected chi connectivity index (χ4v) is 3.62. The molecule has 4 atom stereocenters. The molecule has 0 aromatic heterocycles. The maximum Gasteiger partial charge on any atom is 0.0596 e. The topological polar surface area (TPSA) is 38.5 Å². The molecule has 0 heterocycles. The van der Waals surface area contributed by atoms with E-state index in [0.29, 0.717) is 12.1 Å². The van der Waals surface area contributed by atoms with E-state index in [0.717, 1.165) is 37.5 Å². The molecule has 3 heteroatoms. The highest BCUT2D eigenvalue weighted by molar-refractivity contribution is 4.99. The highest BCUT2D eigenvalue weighted by Gasteiger charge is 2.45. The number of hydrogen-bond donors (Lipinski definition) is 1. The second-order valence-electron chi connectivity index (χ2n) is 6.26. The van der Waals surface area contributed by atoms with Gasteiger partial charge in [0.2, 0.25) is 0 Å². The Hall–Kier alpha value is -0.120. The van der Waals surface area contributed by atoms with Crippen LogP contribution in [-0.4, -0.2) is 43.8 Å². The first-order chi connectivity index (χ1) is 8.08. The van der Waals surface area contributed by atoms with Gasteiger partial charge in [-0.25, -0.2) is 0 Å². The van der Waals surface area contributed by atoms with E-state index in [9.17, 15) is 0 Å². The molecule has 2 saturated carbocycles. The fourth-order valence-electron chi connectivity index (χ4n) is 3.62. The predicted octanol–water partition coefficient (Wildman–Crippen LogP) is 1.72. The Morgan fingerprint density at radius 2 is 2.00 bits per heavy atom. The van der Waals surface area contributed by atoms with Crippen LogP contribution in [0.15, 0.2) is 0 Å². The first kappa shape index (κ1) is 13.3. The molecule has 0 saturated heterocycles. The van der Waals surface area contributed by atoms with E-state index < -0.39 is 0 Å². The predicted molar refractivity (Wildman–Crippen MR) is 70.9 cm³/mol. The van der Waals surface area contributed by atoms with Crippen molar-refractivity contribution in [2.24, 2.45) is 23.5 Å². The highest BCUT2D eigenvalue weighted by Crippen LogP contribution is 2.47. The monoisotopic (exact) mass is 240 g/mol. The number of fused-ring (bicyclic) bond motifs is 2. The molecule has 2 aliphatic carbocycles. The molecule has 4 unspecified atom stereocenters. The molecule has 2 bridgehead atoms. The smallest absolute Gasteiger partial charge is 0.0596 e. The van der Waals surface area contributed by atoms with Gasteiger partial charge in [0, 0.05) is 19.1 Å². The summed E-state index contributed by atoms with van der Waals surface area (Å²) in [6.07, 6.45) is 4.53. The van der Waals surface area contributed by atoms with Crippen LogP contribution in [0.1, 0.15) is 33.1 Å². The molecule has 2 N–H and O–H groups in total. The van der Waals surface area contributed by atoms with Gasteiger partial charge in [-0.15, -0.1) is 0 Å². The lowest BCUT2D eigenvalue weighted by molar-refractivity contribution is 0.0582. The molecular weight excluding hydrogens is 212 g/mol. The second-order valence-corrected chi connectivity index (χ2v) is 6.26. The number of likely N-dealkylation sites (N-methyl/N-ethyl adjacent to an activating group) is 1. The van der Waals surface area contributed by atoms with Crippen LogP contribution in [0, 0.1) is 17.8 Å². The molecule has 2 rings (SSSR count). The van der Waals surface area contributed by atoms with Crippen LogP contribution < -0.4 is 5.73 Å². The number of rotatable bonds is 6. The molecule has 2 fully saturated rings. The van der Waals surface area contributed by atoms with Crippen LogP contribution in [0.3, 0.4) is 0 Å². The van der Waals surface area contributed by atoms with Gasteiger partial charge in [-0.2, -0.15) is 0 Å². The van der Waals surface area contributed by atoms with E-state index in [1.807, 2.05) is 0 Å². The lowest BCUT2D eigenvalue weighted by atomic mass is 9.84. The summed E-state index contributed by atoms with van der Waals surface area (Å²) in [6.45, 7) is 7.20. The van der Waals surface area contributed by atoms with Gasteiger partial charge in [0.25, 0.3) is 0 Å². The summed E-state index contributed by atoms with van der Waals surface area (Å²) in [5.41, 5.74) is 6.33. The second kappa shape index (κ2) is 5.68. The fraction of sp³-hybridized carbons (Fsp3) is 1.00. The molecule has 2 aliphatic rings. The zero-order valence-corrected chi connectivity index (χ0v) is 11.6. The van der Waals surface area contributed by atoms with Gasteiger partial charge in [-0.3, -0.25) is 0 Å². The van der Waals surface area contributed by atoms with Crippen LogP contribution in [0.2, 0.25) is 0 Å². The van der Waals surface area contributed by atoms with Gasteiger partial charge in [0.15, 0.2) is 0 Å². The zero-order chi connectivity index (χ0) is 12.4. The van der Waals surface area contributed by atoms with Crippen molar-refractivity contribution in [3.05, 3.63) is 0 Å². The van der Waals surface area contributed by atoms with Crippen molar-refractivity contribution in [1.29, 1.82) is 0 Å². The van der Waals surface area contributed by atoms with Crippen LogP contribution >= 0.6 is 0 Å². The first-order valence-electron chi connectivity index (χ1n) is 7.13. The van der Waals surface area contributed by atoms with Crippen molar-refractivity contribution in [2.75, 3.05) is 26.7 Å². The van der Waals surface area contributed by atoms with Gasteiger partial charge < -0.3 is 15.4 Å². The summed E-state index contributed by atoms with van der Waals surface area (Å²) in [5, 5.41) is 0. The Morgan fingerprint density at radius 1 is 1.29 bits per heavy atom. The molecule has 0 radical (unpaired) electrons. The first-order valence-corrected chi connectivity index (χ1v) is 7.13. The Balaban J connectivity index is 1.70. The Labute approximate surface area is 106 Å². The number of nitrogens with two attached hydrogens (primary N) is 1. The van der Waals surface area contributed by atoms with Crippen molar-refractivity contribution in [1.82, 2.24) is 4.90 Å². The minimum Gasteiger partial charge on any atom is -0.377 e. The van der Waals surface area contributed by atoms with Crippen LogP contribution in [0.4, 0.5) is 0 Å². The van der Waals surface area contributed by atoms with E-state index in [4.69, 9.17) is 10.5 Å². The number of nitrogens with zero attached hydrogens (tertiary/aromatic N) is 1. The summed E-state index contributed by atoms with van der Waals surface area (Å²) in [6, 6.07) is 0.460. The molecule has 100 valence electrons. The minimum absolute atomic E-state index is 0.341. The normalized spacial score (nSPS) is 36.4. The van der Waals surface area contributed by atoms with Gasteiger partial charge >= 0.3 is 0 Å². The van der Waals surface area contributed by atoms with Crippen molar-refractivity contribution in [3.8, 4) is 0 Å². The van der Waals surface area contributed by atoms with Crippen LogP contribution in [-0.2, 0) is 4.74 Å². The molecule has 0 aromatic rings. The summed E-state index contributed by atoms with van der Waals surface area (Å²) in [4.78, 5) is 2.40. The lowest BCUT2D eigenvalue weighted by Gasteiger charge is -2.31. The third-order valence-corrected chi connectivity index (χ3v) is 4.60. The van der Waals surface area contributed by atoms with Crippen molar-refractivity contribution < 1.29 is 4.74 Å². The van der Waals surface area contributed by atoms with Gasteiger partial charge in [0.05, 0.1) is 12.7 Å². The van der Waals surface area contributed by atoms with E-state index in [2.05, 4.69) is 25.8 Å². The summed E-state index contributed by atoms with van der Waals surface area (Å²) >= 11 is 0. The SMILES string of the molecule is CC(C)OCCN(C)CC1C2CCC(C2)C1N. The highest BCUT2D eigenvalue weighted by atomic mass is 16.5. The van der Waals surface area contributed by atoms with Crippen LogP contribution in [0.5, 0.6) is 0 Å². The van der Waals surface area contributed by atoms with Crippen molar-refractivity contribution in [3.63, 3.8) is 0 Å². The summed E-state index contributed by atoms with van der Waals surface area (Å²) in [5.74, 6) is 2.46. The Bertz CT molecular complexity index is 242. The third kappa shape index (κ3) is 3.21. The molecule has 0 aliphatic heterocycles. The lowest BCUT2D eigenvalue weighted by Crippen LogP contribution is -2.42. The molecule has 17 heavy (non-hydrogen) atoms. The quantitative estimate of drug-likeness (QED) is 0.768. The summed E-state index contributed by atoms with van der Waals surface area (Å²) in [7, 11) is 2.20. The number of hydrogen-bond acceptors (Lipinski definition) is 3. The number of ether oxygens (including phenoxy) is 1. The molecule has 0 amide bonds. The largest absolute Gasteiger partial charge is 0.377 e. The van der Waals surface area contributed by atoms with Crippen molar-refractivity contribution >= 4 is 0 Å². The molecule has 3 nitrogen and oxygen atoms in total. The average molecular weight is 240 g/mol. The third-order valence-electron chi connectivity index (χ3n) is 4.60. The zero-order valence-electron chi connectivity index (χ0n) is 11.6. The van der Waals surface area contributed by atoms with Gasteiger partial charge in [-0.05, 0) is 57.9 Å². The average Bonchev–Trinajstić information content (AvgIpc) is 2.81. The van der Waals surface area contributed by atoms with E-state index in [1.54, 1.807) is 0 Å². The van der Waals surface area contributed by atoms with Crippen LogP contribution in [0.25, 0.3) is 0 Å². The molecule has 0 aromatic carbocycles.